The number of aromatic nitrogens is 2. The maximum atomic E-state index is 11.2. The van der Waals surface area contributed by atoms with E-state index in [-0.39, 0.29) is 12.6 Å². The molecule has 0 aliphatic carbocycles. The maximum Gasteiger partial charge on any atom is 0.268 e. The molecule has 0 fully saturated rings. The molecule has 2 heterocycles. The molecule has 19 heavy (non-hydrogen) atoms. The molecule has 2 aromatic rings. The summed E-state index contributed by atoms with van der Waals surface area (Å²) in [7, 11) is 0. The van der Waals surface area contributed by atoms with E-state index in [0.717, 1.165) is 0 Å². The van der Waals surface area contributed by atoms with Gasteiger partial charge in [0.1, 0.15) is 18.6 Å². The zero-order valence-corrected chi connectivity index (χ0v) is 10.8. The van der Waals surface area contributed by atoms with Crippen LogP contribution >= 0.6 is 0 Å². The number of hydrazine groups is 1. The number of amides is 1. The minimum atomic E-state index is -0.400. The van der Waals surface area contributed by atoms with Crippen molar-refractivity contribution in [3.63, 3.8) is 0 Å². The summed E-state index contributed by atoms with van der Waals surface area (Å²) in [6.07, 6.45) is 4.77. The van der Waals surface area contributed by atoms with Crippen molar-refractivity contribution in [2.24, 2.45) is 5.84 Å². The largest absolute Gasteiger partial charge is 0.482 e. The first-order valence-electron chi connectivity index (χ1n) is 5.85. The highest BCUT2D eigenvalue weighted by Gasteiger charge is 2.09. The fourth-order valence-electron chi connectivity index (χ4n) is 1.49. The lowest BCUT2D eigenvalue weighted by atomic mass is 10.3. The van der Waals surface area contributed by atoms with Crippen molar-refractivity contribution in [1.82, 2.24) is 15.2 Å². The number of hydrogen-bond acceptors (Lipinski definition) is 5. The second-order valence-corrected chi connectivity index (χ2v) is 4.31. The van der Waals surface area contributed by atoms with Gasteiger partial charge in [-0.2, -0.15) is 5.10 Å². The highest BCUT2D eigenvalue weighted by molar-refractivity contribution is 5.93. The molecule has 0 saturated heterocycles. The highest BCUT2D eigenvalue weighted by Crippen LogP contribution is 2.15. The minimum Gasteiger partial charge on any atom is -0.482 e. The predicted molar refractivity (Wildman–Crippen MR) is 67.3 cm³/mol. The van der Waals surface area contributed by atoms with E-state index in [1.54, 1.807) is 23.1 Å². The summed E-state index contributed by atoms with van der Waals surface area (Å²) in [6, 6.07) is 1.86. The molecular formula is C12H16N4O3. The van der Waals surface area contributed by atoms with Crippen molar-refractivity contribution < 1.29 is 13.9 Å². The van der Waals surface area contributed by atoms with E-state index >= 15 is 0 Å². The zero-order chi connectivity index (χ0) is 13.8. The molecule has 0 aliphatic heterocycles. The van der Waals surface area contributed by atoms with Crippen LogP contribution in [0.1, 0.15) is 36.0 Å². The first kappa shape index (κ1) is 13.2. The molecule has 2 rings (SSSR count). The number of nitrogen functional groups attached to an aromatic ring is 1. The zero-order valence-electron chi connectivity index (χ0n) is 10.8. The van der Waals surface area contributed by atoms with Gasteiger partial charge in [-0.25, -0.2) is 5.84 Å². The summed E-state index contributed by atoms with van der Waals surface area (Å²) in [4.78, 5) is 11.2. The van der Waals surface area contributed by atoms with Gasteiger partial charge in [-0.15, -0.1) is 0 Å². The van der Waals surface area contributed by atoms with Gasteiger partial charge in [-0.1, -0.05) is 0 Å². The van der Waals surface area contributed by atoms with E-state index in [1.807, 2.05) is 19.3 Å². The van der Waals surface area contributed by atoms with Crippen molar-refractivity contribution in [3.05, 3.63) is 36.0 Å². The van der Waals surface area contributed by atoms with Crippen LogP contribution in [0.25, 0.3) is 0 Å². The molecule has 0 saturated carbocycles. The van der Waals surface area contributed by atoms with Gasteiger partial charge in [0.2, 0.25) is 0 Å². The minimum absolute atomic E-state index is 0.224. The number of rotatable bonds is 5. The Hall–Kier alpha value is -2.28. The van der Waals surface area contributed by atoms with Crippen LogP contribution in [0, 0.1) is 0 Å². The average Bonchev–Trinajstić information content (AvgIpc) is 3.04. The van der Waals surface area contributed by atoms with Crippen molar-refractivity contribution >= 4 is 5.91 Å². The van der Waals surface area contributed by atoms with Gasteiger partial charge in [-0.3, -0.25) is 14.9 Å². The molecule has 0 atom stereocenters. The third-order valence-electron chi connectivity index (χ3n) is 2.54. The Labute approximate surface area is 110 Å². The van der Waals surface area contributed by atoms with Crippen LogP contribution in [-0.2, 0) is 6.61 Å². The van der Waals surface area contributed by atoms with Crippen LogP contribution in [-0.4, -0.2) is 15.7 Å². The van der Waals surface area contributed by atoms with Crippen molar-refractivity contribution in [3.8, 4) is 5.75 Å². The van der Waals surface area contributed by atoms with Crippen LogP contribution in [0.2, 0.25) is 0 Å². The number of nitrogens with one attached hydrogen (secondary N) is 1. The third kappa shape index (κ3) is 3.14. The summed E-state index contributed by atoms with van der Waals surface area (Å²) in [5.74, 6) is 5.81. The molecule has 0 radical (unpaired) electrons. The monoisotopic (exact) mass is 264 g/mol. The van der Waals surface area contributed by atoms with Gasteiger partial charge in [0.25, 0.3) is 5.91 Å². The Morgan fingerprint density at radius 3 is 3.05 bits per heavy atom. The molecule has 2 aromatic heterocycles. The molecule has 3 N–H and O–H groups in total. The Bertz CT molecular complexity index is 559. The maximum absolute atomic E-state index is 11.2. The van der Waals surface area contributed by atoms with Crippen molar-refractivity contribution in [2.45, 2.75) is 26.5 Å². The highest BCUT2D eigenvalue weighted by atomic mass is 16.5. The number of ether oxygens (including phenoxy) is 1. The van der Waals surface area contributed by atoms with Gasteiger partial charge in [-0.05, 0) is 19.9 Å². The predicted octanol–water partition coefficient (Wildman–Crippen LogP) is 1.24. The second-order valence-electron chi connectivity index (χ2n) is 4.31. The van der Waals surface area contributed by atoms with Crippen LogP contribution in [0.15, 0.2) is 29.1 Å². The van der Waals surface area contributed by atoms with E-state index in [0.29, 0.717) is 17.1 Å². The SMILES string of the molecule is CC(C)n1cc(OCc2cc(C(=O)NN)co2)cn1. The van der Waals surface area contributed by atoms with E-state index < -0.39 is 5.91 Å². The summed E-state index contributed by atoms with van der Waals surface area (Å²) in [5.41, 5.74) is 2.39. The Balaban J connectivity index is 1.94. The fourth-order valence-corrected chi connectivity index (χ4v) is 1.49. The van der Waals surface area contributed by atoms with E-state index in [1.165, 1.54) is 6.26 Å². The number of nitrogens with two attached hydrogens (primary N) is 1. The van der Waals surface area contributed by atoms with Crippen LogP contribution in [0.3, 0.4) is 0 Å². The van der Waals surface area contributed by atoms with Crippen molar-refractivity contribution in [2.75, 3.05) is 0 Å². The lowest BCUT2D eigenvalue weighted by Gasteiger charge is -2.03. The summed E-state index contributed by atoms with van der Waals surface area (Å²) in [6.45, 7) is 4.28. The number of hydrogen-bond donors (Lipinski definition) is 2. The Morgan fingerprint density at radius 1 is 1.63 bits per heavy atom. The lowest BCUT2D eigenvalue weighted by molar-refractivity contribution is 0.0953. The number of carbonyl (C=O) groups excluding carboxylic acids is 1. The first-order chi connectivity index (χ1) is 9.10. The summed E-state index contributed by atoms with van der Waals surface area (Å²) >= 11 is 0. The Morgan fingerprint density at radius 2 is 2.42 bits per heavy atom. The molecular weight excluding hydrogens is 248 g/mol. The van der Waals surface area contributed by atoms with Crippen molar-refractivity contribution in [1.29, 1.82) is 0 Å². The number of nitrogens with zero attached hydrogens (tertiary/aromatic N) is 2. The fraction of sp³-hybridized carbons (Fsp3) is 0.333. The quantitative estimate of drug-likeness (QED) is 0.481. The van der Waals surface area contributed by atoms with Gasteiger partial charge in [0, 0.05) is 6.04 Å². The standard InChI is InChI=1S/C12H16N4O3/c1-8(2)16-5-11(4-14-16)19-7-10-3-9(6-18-10)12(17)15-13/h3-6,8H,7,13H2,1-2H3,(H,15,17). The van der Waals surface area contributed by atoms with Crippen LogP contribution < -0.4 is 16.0 Å². The molecule has 1 amide bonds. The summed E-state index contributed by atoms with van der Waals surface area (Å²) < 4.78 is 12.5. The number of carbonyl (C=O) groups is 1. The molecule has 7 heteroatoms. The van der Waals surface area contributed by atoms with Gasteiger partial charge in [0.15, 0.2) is 5.75 Å². The molecule has 7 nitrogen and oxygen atoms in total. The van der Waals surface area contributed by atoms with Crippen LogP contribution in [0.5, 0.6) is 5.75 Å². The van der Waals surface area contributed by atoms with E-state index in [4.69, 9.17) is 15.0 Å². The average molecular weight is 264 g/mol. The molecule has 0 aliphatic rings. The topological polar surface area (TPSA) is 95.3 Å². The van der Waals surface area contributed by atoms with Gasteiger partial charge < -0.3 is 9.15 Å². The number of furan rings is 1. The molecule has 0 bridgehead atoms. The molecule has 102 valence electrons. The lowest BCUT2D eigenvalue weighted by Crippen LogP contribution is -2.29. The first-order valence-corrected chi connectivity index (χ1v) is 5.85. The van der Waals surface area contributed by atoms with E-state index in [2.05, 4.69) is 5.10 Å². The second kappa shape index (κ2) is 5.57. The van der Waals surface area contributed by atoms with Gasteiger partial charge >= 0.3 is 0 Å². The third-order valence-corrected chi connectivity index (χ3v) is 2.54. The molecule has 0 spiro atoms. The normalized spacial score (nSPS) is 10.7. The smallest absolute Gasteiger partial charge is 0.268 e. The summed E-state index contributed by atoms with van der Waals surface area (Å²) in [5, 5.41) is 4.16. The molecule has 0 aromatic carbocycles. The van der Waals surface area contributed by atoms with Crippen LogP contribution in [0.4, 0.5) is 0 Å². The van der Waals surface area contributed by atoms with Gasteiger partial charge in [0.05, 0.1) is 18.0 Å². The van der Waals surface area contributed by atoms with E-state index in [9.17, 15) is 4.79 Å². The Kier molecular flexibility index (Phi) is 3.86. The molecule has 0 unspecified atom stereocenters.